The molecule has 0 spiro atoms. The van der Waals surface area contributed by atoms with Gasteiger partial charge in [0.15, 0.2) is 0 Å². The first-order chi connectivity index (χ1) is 8.99. The normalized spacial score (nSPS) is 11.6. The lowest BCUT2D eigenvalue weighted by molar-refractivity contribution is 0.388. The Morgan fingerprint density at radius 2 is 2.05 bits per heavy atom. The van der Waals surface area contributed by atoms with Crippen LogP contribution in [-0.2, 0) is 6.54 Å². The molecule has 2 aromatic rings. The van der Waals surface area contributed by atoms with Crippen LogP contribution in [0.15, 0.2) is 12.1 Å². The standard InChI is InChI=1S/C14H21FN4/c1-10-8-13-12(9-11(10)15)17-14(16)19(13)7-5-4-6-18(2)3/h8-9H,4-7H2,1-3H3,(H2,16,17). The summed E-state index contributed by atoms with van der Waals surface area (Å²) in [5.41, 5.74) is 8.09. The van der Waals surface area contributed by atoms with Gasteiger partial charge in [-0.2, -0.15) is 0 Å². The van der Waals surface area contributed by atoms with Crippen LogP contribution in [0.3, 0.4) is 0 Å². The maximum Gasteiger partial charge on any atom is 0.201 e. The summed E-state index contributed by atoms with van der Waals surface area (Å²) in [6, 6.07) is 3.28. The van der Waals surface area contributed by atoms with Crippen molar-refractivity contribution in [3.63, 3.8) is 0 Å². The van der Waals surface area contributed by atoms with E-state index in [1.165, 1.54) is 6.07 Å². The van der Waals surface area contributed by atoms with Gasteiger partial charge in [-0.05, 0) is 52.0 Å². The fourth-order valence-corrected chi connectivity index (χ4v) is 2.20. The number of imidazole rings is 1. The van der Waals surface area contributed by atoms with Gasteiger partial charge in [0, 0.05) is 12.6 Å². The number of anilines is 1. The van der Waals surface area contributed by atoms with E-state index in [2.05, 4.69) is 24.0 Å². The molecule has 0 unspecified atom stereocenters. The minimum atomic E-state index is -0.232. The van der Waals surface area contributed by atoms with Crippen molar-refractivity contribution in [2.24, 2.45) is 0 Å². The fraction of sp³-hybridized carbons (Fsp3) is 0.500. The average molecular weight is 264 g/mol. The van der Waals surface area contributed by atoms with E-state index in [0.29, 0.717) is 17.0 Å². The first kappa shape index (κ1) is 13.8. The molecule has 0 saturated heterocycles. The number of rotatable bonds is 5. The molecule has 1 aromatic heterocycles. The first-order valence-electron chi connectivity index (χ1n) is 6.55. The van der Waals surface area contributed by atoms with Crippen LogP contribution < -0.4 is 5.73 Å². The van der Waals surface area contributed by atoms with Crippen molar-refractivity contribution in [1.82, 2.24) is 14.5 Å². The summed E-state index contributed by atoms with van der Waals surface area (Å²) >= 11 is 0. The lowest BCUT2D eigenvalue weighted by Crippen LogP contribution is -2.13. The van der Waals surface area contributed by atoms with E-state index in [1.807, 2.05) is 10.6 Å². The van der Waals surface area contributed by atoms with Crippen LogP contribution in [-0.4, -0.2) is 35.1 Å². The fourth-order valence-electron chi connectivity index (χ4n) is 2.20. The molecule has 0 fully saturated rings. The predicted octanol–water partition coefficient (Wildman–Crippen LogP) is 2.41. The Labute approximate surface area is 113 Å². The van der Waals surface area contributed by atoms with Crippen LogP contribution in [0.4, 0.5) is 10.3 Å². The van der Waals surface area contributed by atoms with E-state index >= 15 is 0 Å². The van der Waals surface area contributed by atoms with E-state index < -0.39 is 0 Å². The van der Waals surface area contributed by atoms with Crippen LogP contribution >= 0.6 is 0 Å². The summed E-state index contributed by atoms with van der Waals surface area (Å²) < 4.78 is 15.5. The molecule has 4 nitrogen and oxygen atoms in total. The Morgan fingerprint density at radius 3 is 2.74 bits per heavy atom. The van der Waals surface area contributed by atoms with Crippen molar-refractivity contribution in [1.29, 1.82) is 0 Å². The average Bonchev–Trinajstić information content (AvgIpc) is 2.61. The summed E-state index contributed by atoms with van der Waals surface area (Å²) in [7, 11) is 4.13. The number of fused-ring (bicyclic) bond motifs is 1. The molecule has 0 bridgehead atoms. The molecule has 19 heavy (non-hydrogen) atoms. The third kappa shape index (κ3) is 3.04. The highest BCUT2D eigenvalue weighted by Gasteiger charge is 2.10. The van der Waals surface area contributed by atoms with Crippen LogP contribution in [0.25, 0.3) is 11.0 Å². The van der Waals surface area contributed by atoms with Crippen LogP contribution in [0.1, 0.15) is 18.4 Å². The number of nitrogens with zero attached hydrogens (tertiary/aromatic N) is 3. The lowest BCUT2D eigenvalue weighted by atomic mass is 10.2. The Morgan fingerprint density at radius 1 is 1.32 bits per heavy atom. The molecule has 0 atom stereocenters. The third-order valence-corrected chi connectivity index (χ3v) is 3.30. The second-order valence-corrected chi connectivity index (χ2v) is 5.22. The zero-order valence-corrected chi connectivity index (χ0v) is 11.8. The number of halogens is 1. The second kappa shape index (κ2) is 5.57. The van der Waals surface area contributed by atoms with Gasteiger partial charge in [0.05, 0.1) is 11.0 Å². The summed E-state index contributed by atoms with van der Waals surface area (Å²) in [6.45, 7) is 3.63. The van der Waals surface area contributed by atoms with Crippen LogP contribution in [0.2, 0.25) is 0 Å². The van der Waals surface area contributed by atoms with Crippen molar-refractivity contribution in [3.05, 3.63) is 23.5 Å². The smallest absolute Gasteiger partial charge is 0.201 e. The van der Waals surface area contributed by atoms with Gasteiger partial charge in [-0.1, -0.05) is 0 Å². The van der Waals surface area contributed by atoms with E-state index in [9.17, 15) is 4.39 Å². The van der Waals surface area contributed by atoms with Gasteiger partial charge in [-0.15, -0.1) is 0 Å². The molecule has 1 heterocycles. The number of hydrogen-bond acceptors (Lipinski definition) is 3. The number of hydrogen-bond donors (Lipinski definition) is 1. The minimum Gasteiger partial charge on any atom is -0.369 e. The first-order valence-corrected chi connectivity index (χ1v) is 6.55. The largest absolute Gasteiger partial charge is 0.369 e. The molecular weight excluding hydrogens is 243 g/mol. The maximum absolute atomic E-state index is 13.5. The van der Waals surface area contributed by atoms with Gasteiger partial charge in [0.2, 0.25) is 5.95 Å². The van der Waals surface area contributed by atoms with Gasteiger partial charge >= 0.3 is 0 Å². The maximum atomic E-state index is 13.5. The Hall–Kier alpha value is -1.62. The van der Waals surface area contributed by atoms with E-state index in [4.69, 9.17) is 5.73 Å². The molecule has 5 heteroatoms. The number of nitrogens with two attached hydrogens (primary N) is 1. The topological polar surface area (TPSA) is 47.1 Å². The van der Waals surface area contributed by atoms with Crippen molar-refractivity contribution >= 4 is 17.0 Å². The number of benzene rings is 1. The SMILES string of the molecule is Cc1cc2c(cc1F)nc(N)n2CCCCN(C)C. The summed E-state index contributed by atoms with van der Waals surface area (Å²) in [6.07, 6.45) is 2.14. The second-order valence-electron chi connectivity index (χ2n) is 5.22. The van der Waals surface area contributed by atoms with Crippen LogP contribution in [0, 0.1) is 12.7 Å². The molecule has 0 radical (unpaired) electrons. The highest BCUT2D eigenvalue weighted by Crippen LogP contribution is 2.22. The van der Waals surface area contributed by atoms with Gasteiger partial charge in [0.1, 0.15) is 5.82 Å². The quantitative estimate of drug-likeness (QED) is 0.844. The molecule has 0 saturated carbocycles. The van der Waals surface area contributed by atoms with Gasteiger partial charge in [-0.3, -0.25) is 0 Å². The molecule has 0 aliphatic carbocycles. The summed E-state index contributed by atoms with van der Waals surface area (Å²) in [4.78, 5) is 6.38. The number of nitrogen functional groups attached to an aromatic ring is 1. The number of unbranched alkanes of at least 4 members (excludes halogenated alkanes) is 1. The van der Waals surface area contributed by atoms with E-state index in [0.717, 1.165) is 31.4 Å². The Bertz CT molecular complexity index is 574. The summed E-state index contributed by atoms with van der Waals surface area (Å²) in [5, 5.41) is 0. The molecule has 2 N–H and O–H groups in total. The van der Waals surface area contributed by atoms with Crippen molar-refractivity contribution in [2.75, 3.05) is 26.4 Å². The summed E-state index contributed by atoms with van der Waals surface area (Å²) in [5.74, 6) is 0.231. The van der Waals surface area contributed by atoms with E-state index in [-0.39, 0.29) is 5.82 Å². The minimum absolute atomic E-state index is 0.232. The van der Waals surface area contributed by atoms with Gasteiger partial charge in [-0.25, -0.2) is 9.37 Å². The third-order valence-electron chi connectivity index (χ3n) is 3.30. The van der Waals surface area contributed by atoms with Crippen molar-refractivity contribution in [2.45, 2.75) is 26.3 Å². The Balaban J connectivity index is 2.18. The zero-order chi connectivity index (χ0) is 14.0. The Kier molecular flexibility index (Phi) is 4.04. The van der Waals surface area contributed by atoms with Crippen LogP contribution in [0.5, 0.6) is 0 Å². The highest BCUT2D eigenvalue weighted by molar-refractivity contribution is 5.79. The highest BCUT2D eigenvalue weighted by atomic mass is 19.1. The molecule has 0 aliphatic heterocycles. The molecule has 2 rings (SSSR count). The molecular formula is C14H21FN4. The molecule has 104 valence electrons. The molecule has 0 amide bonds. The monoisotopic (exact) mass is 264 g/mol. The van der Waals surface area contributed by atoms with Crippen molar-refractivity contribution in [3.8, 4) is 0 Å². The molecule has 0 aliphatic rings. The zero-order valence-electron chi connectivity index (χ0n) is 11.8. The van der Waals surface area contributed by atoms with Gasteiger partial charge < -0.3 is 15.2 Å². The van der Waals surface area contributed by atoms with Gasteiger partial charge in [0.25, 0.3) is 0 Å². The molecule has 1 aromatic carbocycles. The predicted molar refractivity (Wildman–Crippen MR) is 76.6 cm³/mol. The number of aromatic nitrogens is 2. The lowest BCUT2D eigenvalue weighted by Gasteiger charge is -2.10. The number of aryl methyl sites for hydroxylation is 2. The van der Waals surface area contributed by atoms with Crippen molar-refractivity contribution < 1.29 is 4.39 Å². The van der Waals surface area contributed by atoms with E-state index in [1.54, 1.807) is 6.92 Å².